The highest BCUT2D eigenvalue weighted by atomic mass is 16.5. The zero-order valence-corrected chi connectivity index (χ0v) is 16.7. The van der Waals surface area contributed by atoms with Crippen LogP contribution in [0.5, 0.6) is 0 Å². The van der Waals surface area contributed by atoms with E-state index in [1.54, 1.807) is 14.1 Å². The number of hydrogen-bond donors (Lipinski definition) is 1. The number of fused-ring (bicyclic) bond motifs is 1. The number of nitrogens with one attached hydrogen (secondary N) is 1. The number of furan rings is 1. The van der Waals surface area contributed by atoms with Crippen molar-refractivity contribution in [1.82, 2.24) is 15.1 Å². The van der Waals surface area contributed by atoms with Crippen LogP contribution in [0.15, 0.2) is 39.7 Å². The van der Waals surface area contributed by atoms with Crippen LogP contribution in [0.4, 0.5) is 0 Å². The fraction of sp³-hybridized carbons (Fsp3) is 0.500. The minimum Gasteiger partial charge on any atom is -0.459 e. The molecule has 0 saturated carbocycles. The molecular weight excluding hydrogens is 344 g/mol. The Bertz CT molecular complexity index is 722. The number of ether oxygens (including phenoxy) is 1. The summed E-state index contributed by atoms with van der Waals surface area (Å²) in [4.78, 5) is 19.9. The van der Waals surface area contributed by atoms with Crippen molar-refractivity contribution in [2.24, 2.45) is 4.99 Å². The number of carbonyl (C=O) groups excluding carboxylic acids is 1. The van der Waals surface area contributed by atoms with E-state index < -0.39 is 0 Å². The molecular formula is C20H30N4O3. The average molecular weight is 374 g/mol. The lowest BCUT2D eigenvalue weighted by atomic mass is 10.2. The quantitative estimate of drug-likeness (QED) is 0.414. The predicted octanol–water partition coefficient (Wildman–Crippen LogP) is 2.33. The smallest absolute Gasteiger partial charge is 0.243 e. The number of benzene rings is 1. The molecule has 2 aromatic rings. The Balaban J connectivity index is 2.02. The van der Waals surface area contributed by atoms with Gasteiger partial charge in [0.15, 0.2) is 5.96 Å². The summed E-state index contributed by atoms with van der Waals surface area (Å²) in [5, 5.41) is 4.39. The van der Waals surface area contributed by atoms with E-state index in [-0.39, 0.29) is 12.5 Å². The third kappa shape index (κ3) is 6.60. The lowest BCUT2D eigenvalue weighted by Gasteiger charge is -2.22. The number of hydrogen-bond acceptors (Lipinski definition) is 4. The molecule has 0 spiro atoms. The predicted molar refractivity (Wildman–Crippen MR) is 108 cm³/mol. The van der Waals surface area contributed by atoms with E-state index in [9.17, 15) is 4.79 Å². The first kappa shape index (κ1) is 20.8. The summed E-state index contributed by atoms with van der Waals surface area (Å²) in [5.74, 6) is 1.48. The van der Waals surface area contributed by atoms with Gasteiger partial charge in [-0.1, -0.05) is 18.2 Å². The third-order valence-electron chi connectivity index (χ3n) is 4.05. The van der Waals surface area contributed by atoms with Crippen LogP contribution in [0.3, 0.4) is 0 Å². The normalized spacial score (nSPS) is 11.6. The Morgan fingerprint density at radius 1 is 1.26 bits per heavy atom. The molecule has 0 radical (unpaired) electrons. The van der Waals surface area contributed by atoms with Crippen molar-refractivity contribution in [3.05, 3.63) is 36.1 Å². The van der Waals surface area contributed by atoms with Gasteiger partial charge in [0.05, 0.1) is 6.54 Å². The van der Waals surface area contributed by atoms with Crippen molar-refractivity contribution < 1.29 is 13.9 Å². The lowest BCUT2D eigenvalue weighted by Crippen LogP contribution is -2.40. The van der Waals surface area contributed by atoms with Crippen LogP contribution in [0, 0.1) is 0 Å². The van der Waals surface area contributed by atoms with Crippen molar-refractivity contribution >= 4 is 22.8 Å². The molecule has 7 heteroatoms. The average Bonchev–Trinajstić information content (AvgIpc) is 3.05. The second-order valence-electron chi connectivity index (χ2n) is 6.51. The maximum absolute atomic E-state index is 11.9. The fourth-order valence-corrected chi connectivity index (χ4v) is 2.54. The fourth-order valence-electron chi connectivity index (χ4n) is 2.54. The highest BCUT2D eigenvalue weighted by Crippen LogP contribution is 2.19. The van der Waals surface area contributed by atoms with E-state index >= 15 is 0 Å². The van der Waals surface area contributed by atoms with Gasteiger partial charge in [-0.3, -0.25) is 4.79 Å². The summed E-state index contributed by atoms with van der Waals surface area (Å²) in [7, 11) is 5.39. The molecule has 27 heavy (non-hydrogen) atoms. The molecule has 7 nitrogen and oxygen atoms in total. The minimum atomic E-state index is -0.0410. The topological polar surface area (TPSA) is 70.3 Å². The minimum absolute atomic E-state index is 0.0410. The maximum atomic E-state index is 11.9. The summed E-state index contributed by atoms with van der Waals surface area (Å²) in [6.45, 7) is 4.77. The van der Waals surface area contributed by atoms with Crippen LogP contribution in [-0.4, -0.2) is 69.1 Å². The summed E-state index contributed by atoms with van der Waals surface area (Å²) >= 11 is 0. The van der Waals surface area contributed by atoms with E-state index in [0.717, 1.165) is 29.7 Å². The number of amides is 1. The van der Waals surface area contributed by atoms with Crippen LogP contribution in [-0.2, 0) is 16.1 Å². The Morgan fingerprint density at radius 2 is 2.04 bits per heavy atom. The largest absolute Gasteiger partial charge is 0.459 e. The van der Waals surface area contributed by atoms with Gasteiger partial charge in [-0.05, 0) is 25.5 Å². The number of rotatable bonds is 9. The van der Waals surface area contributed by atoms with Crippen molar-refractivity contribution in [1.29, 1.82) is 0 Å². The molecule has 0 aliphatic carbocycles. The Morgan fingerprint density at radius 3 is 2.74 bits per heavy atom. The van der Waals surface area contributed by atoms with Crippen LogP contribution >= 0.6 is 0 Å². The number of carbonyl (C=O) groups is 1. The van der Waals surface area contributed by atoms with Gasteiger partial charge in [0, 0.05) is 46.3 Å². The Hall–Kier alpha value is -2.54. The van der Waals surface area contributed by atoms with Gasteiger partial charge in [-0.15, -0.1) is 0 Å². The monoisotopic (exact) mass is 374 g/mol. The van der Waals surface area contributed by atoms with Gasteiger partial charge in [-0.25, -0.2) is 4.99 Å². The molecule has 1 amide bonds. The highest BCUT2D eigenvalue weighted by Gasteiger charge is 2.12. The molecule has 148 valence electrons. The van der Waals surface area contributed by atoms with Gasteiger partial charge >= 0.3 is 0 Å². The van der Waals surface area contributed by atoms with Crippen LogP contribution < -0.4 is 5.32 Å². The molecule has 1 N–H and O–H groups in total. The number of aliphatic imine (C=N–C) groups is 1. The molecule has 0 unspecified atom stereocenters. The van der Waals surface area contributed by atoms with Crippen LogP contribution in [0.2, 0.25) is 0 Å². The second kappa shape index (κ2) is 10.6. The molecule has 0 atom stereocenters. The van der Waals surface area contributed by atoms with E-state index in [1.807, 2.05) is 49.2 Å². The van der Waals surface area contributed by atoms with Gasteiger partial charge in [0.2, 0.25) is 5.91 Å². The van der Waals surface area contributed by atoms with E-state index in [4.69, 9.17) is 9.15 Å². The molecule has 0 fully saturated rings. The van der Waals surface area contributed by atoms with Crippen molar-refractivity contribution in [3.63, 3.8) is 0 Å². The molecule has 0 aliphatic heterocycles. The molecule has 1 aromatic heterocycles. The number of para-hydroxylation sites is 1. The number of guanidine groups is 1. The van der Waals surface area contributed by atoms with Gasteiger partial charge < -0.3 is 24.3 Å². The SMILES string of the molecule is CCOCCCNC(=NCC(=O)N(C)C)N(C)Cc1cc2ccccc2o1. The van der Waals surface area contributed by atoms with Gasteiger partial charge in [0.1, 0.15) is 17.9 Å². The first-order valence-electron chi connectivity index (χ1n) is 9.26. The summed E-state index contributed by atoms with van der Waals surface area (Å²) in [6.07, 6.45) is 0.868. The first-order chi connectivity index (χ1) is 13.0. The van der Waals surface area contributed by atoms with Gasteiger partial charge in [0.25, 0.3) is 0 Å². The first-order valence-corrected chi connectivity index (χ1v) is 9.26. The second-order valence-corrected chi connectivity index (χ2v) is 6.51. The van der Waals surface area contributed by atoms with Crippen molar-refractivity contribution in [3.8, 4) is 0 Å². The molecule has 1 aromatic carbocycles. The van der Waals surface area contributed by atoms with Crippen LogP contribution in [0.1, 0.15) is 19.1 Å². The molecule has 2 rings (SSSR count). The summed E-state index contributed by atoms with van der Waals surface area (Å²) in [6, 6.07) is 9.96. The molecule has 0 bridgehead atoms. The zero-order valence-electron chi connectivity index (χ0n) is 16.7. The molecule has 0 saturated heterocycles. The van der Waals surface area contributed by atoms with E-state index in [2.05, 4.69) is 10.3 Å². The summed E-state index contributed by atoms with van der Waals surface area (Å²) < 4.78 is 11.3. The maximum Gasteiger partial charge on any atom is 0.243 e. The van der Waals surface area contributed by atoms with Crippen molar-refractivity contribution in [2.75, 3.05) is 47.4 Å². The van der Waals surface area contributed by atoms with E-state index in [0.29, 0.717) is 25.7 Å². The zero-order chi connectivity index (χ0) is 19.6. The number of nitrogens with zero attached hydrogens (tertiary/aromatic N) is 3. The van der Waals surface area contributed by atoms with E-state index in [1.165, 1.54) is 4.90 Å². The number of likely N-dealkylation sites (N-methyl/N-ethyl adjacent to an activating group) is 1. The third-order valence-corrected chi connectivity index (χ3v) is 4.05. The molecule has 0 aliphatic rings. The van der Waals surface area contributed by atoms with Crippen LogP contribution in [0.25, 0.3) is 11.0 Å². The van der Waals surface area contributed by atoms with Crippen molar-refractivity contribution in [2.45, 2.75) is 19.9 Å². The Kier molecular flexibility index (Phi) is 8.13. The lowest BCUT2D eigenvalue weighted by molar-refractivity contribution is -0.127. The highest BCUT2D eigenvalue weighted by molar-refractivity contribution is 5.85. The Labute approximate surface area is 161 Å². The molecule has 1 heterocycles. The summed E-state index contributed by atoms with van der Waals surface area (Å²) in [5.41, 5.74) is 0.867. The standard InChI is InChI=1S/C20H30N4O3/c1-5-26-12-8-11-21-20(22-14-19(25)23(2)3)24(4)15-17-13-16-9-6-7-10-18(16)27-17/h6-7,9-10,13H,5,8,11-12,14-15H2,1-4H3,(H,21,22). The van der Waals surface area contributed by atoms with Gasteiger partial charge in [-0.2, -0.15) is 0 Å².